The number of hydrogen-bond acceptors (Lipinski definition) is 3. The summed E-state index contributed by atoms with van der Waals surface area (Å²) in [5.41, 5.74) is 2.54. The number of hydrogen-bond donors (Lipinski definition) is 0. The molecule has 2 aliphatic heterocycles. The predicted octanol–water partition coefficient (Wildman–Crippen LogP) is 3.87. The van der Waals surface area contributed by atoms with Gasteiger partial charge in [-0.25, -0.2) is 0 Å². The third kappa shape index (κ3) is 3.27. The van der Waals surface area contributed by atoms with Gasteiger partial charge in [-0.2, -0.15) is 5.10 Å². The summed E-state index contributed by atoms with van der Waals surface area (Å²) in [6.45, 7) is 3.26. The Bertz CT molecular complexity index is 969. The van der Waals surface area contributed by atoms with Gasteiger partial charge in [-0.3, -0.25) is 14.3 Å². The SMILES string of the molecule is Cc1nn(C)cc1C(=O)N1CCC(N2C(=O)C3(CCCCC3)C2c2ccccc2)CC1. The van der Waals surface area contributed by atoms with Gasteiger partial charge in [0.2, 0.25) is 5.91 Å². The monoisotopic (exact) mass is 420 g/mol. The molecule has 6 heteroatoms. The third-order valence-corrected chi connectivity index (χ3v) is 7.71. The number of β-lactam (4-membered cyclic amide) rings is 1. The Morgan fingerprint density at radius 3 is 2.35 bits per heavy atom. The standard InChI is InChI=1S/C25H32N4O2/c1-18-21(17-27(2)26-18)23(30)28-15-11-20(12-16-28)29-22(19-9-5-3-6-10-19)25(24(29)31)13-7-4-8-14-25/h3,5-6,9-10,17,20,22H,4,7-8,11-16H2,1-2H3. The van der Waals surface area contributed by atoms with E-state index in [4.69, 9.17) is 0 Å². The molecule has 1 saturated carbocycles. The minimum Gasteiger partial charge on any atom is -0.338 e. The maximum atomic E-state index is 13.5. The summed E-state index contributed by atoms with van der Waals surface area (Å²) in [7, 11) is 1.84. The molecular formula is C25H32N4O2. The molecule has 3 aliphatic rings. The molecule has 3 fully saturated rings. The molecule has 1 unspecified atom stereocenters. The highest BCUT2D eigenvalue weighted by molar-refractivity contribution is 5.95. The van der Waals surface area contributed by atoms with E-state index in [1.54, 1.807) is 10.9 Å². The second-order valence-corrected chi connectivity index (χ2v) is 9.57. The van der Waals surface area contributed by atoms with E-state index in [1.807, 2.05) is 24.9 Å². The largest absolute Gasteiger partial charge is 0.338 e. The third-order valence-electron chi connectivity index (χ3n) is 7.71. The van der Waals surface area contributed by atoms with Gasteiger partial charge in [0.05, 0.1) is 22.7 Å². The van der Waals surface area contributed by atoms with Gasteiger partial charge in [0, 0.05) is 32.4 Å². The van der Waals surface area contributed by atoms with Gasteiger partial charge in [0.25, 0.3) is 5.91 Å². The first-order valence-electron chi connectivity index (χ1n) is 11.7. The summed E-state index contributed by atoms with van der Waals surface area (Å²) in [6, 6.07) is 11.0. The van der Waals surface area contributed by atoms with Crippen LogP contribution < -0.4 is 0 Å². The maximum absolute atomic E-state index is 13.5. The van der Waals surface area contributed by atoms with Crippen molar-refractivity contribution in [1.82, 2.24) is 19.6 Å². The van der Waals surface area contributed by atoms with E-state index in [-0.39, 0.29) is 23.4 Å². The molecule has 1 aliphatic carbocycles. The molecule has 1 atom stereocenters. The minimum absolute atomic E-state index is 0.0577. The van der Waals surface area contributed by atoms with Crippen molar-refractivity contribution in [2.45, 2.75) is 64.0 Å². The fourth-order valence-electron chi connectivity index (χ4n) is 6.18. The van der Waals surface area contributed by atoms with E-state index >= 15 is 0 Å². The van der Waals surface area contributed by atoms with Crippen LogP contribution in [0.4, 0.5) is 0 Å². The van der Waals surface area contributed by atoms with Crippen LogP contribution in [0.3, 0.4) is 0 Å². The average molecular weight is 421 g/mol. The smallest absolute Gasteiger partial charge is 0.257 e. The van der Waals surface area contributed by atoms with Crippen LogP contribution >= 0.6 is 0 Å². The van der Waals surface area contributed by atoms with Crippen LogP contribution in [0.1, 0.15) is 72.6 Å². The van der Waals surface area contributed by atoms with Gasteiger partial charge in [-0.15, -0.1) is 0 Å². The second-order valence-electron chi connectivity index (χ2n) is 9.57. The normalized spacial score (nSPS) is 23.8. The van der Waals surface area contributed by atoms with Gasteiger partial charge in [-0.05, 0) is 38.2 Å². The number of nitrogens with zero attached hydrogens (tertiary/aromatic N) is 4. The van der Waals surface area contributed by atoms with Crippen molar-refractivity contribution in [2.75, 3.05) is 13.1 Å². The maximum Gasteiger partial charge on any atom is 0.257 e. The summed E-state index contributed by atoms with van der Waals surface area (Å²) >= 11 is 0. The molecule has 3 heterocycles. The van der Waals surface area contributed by atoms with E-state index in [0.29, 0.717) is 24.6 Å². The Kier molecular flexibility index (Phi) is 5.11. The number of benzene rings is 1. The fraction of sp³-hybridized carbons (Fsp3) is 0.560. The van der Waals surface area contributed by atoms with Crippen molar-refractivity contribution in [2.24, 2.45) is 12.5 Å². The van der Waals surface area contributed by atoms with Crippen LogP contribution in [-0.2, 0) is 11.8 Å². The lowest BCUT2D eigenvalue weighted by molar-refractivity contribution is -0.186. The highest BCUT2D eigenvalue weighted by Gasteiger charge is 2.62. The summed E-state index contributed by atoms with van der Waals surface area (Å²) in [4.78, 5) is 30.6. The molecule has 0 N–H and O–H groups in total. The van der Waals surface area contributed by atoms with Crippen molar-refractivity contribution >= 4 is 11.8 Å². The zero-order valence-electron chi connectivity index (χ0n) is 18.6. The van der Waals surface area contributed by atoms with E-state index in [1.165, 1.54) is 12.0 Å². The number of piperidine rings is 1. The molecule has 2 amide bonds. The highest BCUT2D eigenvalue weighted by Crippen LogP contribution is 2.59. The van der Waals surface area contributed by atoms with Crippen molar-refractivity contribution in [3.8, 4) is 0 Å². The van der Waals surface area contributed by atoms with Crippen LogP contribution in [-0.4, -0.2) is 50.5 Å². The molecule has 0 radical (unpaired) electrons. The average Bonchev–Trinajstić information content (AvgIpc) is 3.15. The Labute approximate surface area is 184 Å². The van der Waals surface area contributed by atoms with Crippen molar-refractivity contribution < 1.29 is 9.59 Å². The first kappa shape index (κ1) is 20.3. The zero-order valence-corrected chi connectivity index (χ0v) is 18.6. The van der Waals surface area contributed by atoms with Crippen molar-refractivity contribution in [3.63, 3.8) is 0 Å². The number of amides is 2. The van der Waals surface area contributed by atoms with E-state index < -0.39 is 0 Å². The molecule has 5 rings (SSSR count). The number of carbonyl (C=O) groups excluding carboxylic acids is 2. The molecule has 164 valence electrons. The van der Waals surface area contributed by atoms with Crippen LogP contribution in [0.15, 0.2) is 36.5 Å². The lowest BCUT2D eigenvalue weighted by atomic mass is 9.59. The molecule has 1 aromatic heterocycles. The lowest BCUT2D eigenvalue weighted by Gasteiger charge is -2.61. The number of aromatic nitrogens is 2. The second kappa shape index (κ2) is 7.81. The predicted molar refractivity (Wildman–Crippen MR) is 118 cm³/mol. The molecule has 1 spiro atoms. The van der Waals surface area contributed by atoms with E-state index in [0.717, 1.165) is 44.2 Å². The summed E-state index contributed by atoms with van der Waals surface area (Å²) in [5, 5.41) is 4.31. The zero-order chi connectivity index (χ0) is 21.6. The number of carbonyl (C=O) groups is 2. The fourth-order valence-corrected chi connectivity index (χ4v) is 6.18. The van der Waals surface area contributed by atoms with Gasteiger partial charge >= 0.3 is 0 Å². The lowest BCUT2D eigenvalue weighted by Crippen LogP contribution is -2.67. The van der Waals surface area contributed by atoms with Gasteiger partial charge in [0.1, 0.15) is 0 Å². The quantitative estimate of drug-likeness (QED) is 0.709. The van der Waals surface area contributed by atoms with Crippen LogP contribution in [0.2, 0.25) is 0 Å². The van der Waals surface area contributed by atoms with Crippen LogP contribution in [0.5, 0.6) is 0 Å². The van der Waals surface area contributed by atoms with Gasteiger partial charge in [0.15, 0.2) is 0 Å². The van der Waals surface area contributed by atoms with Crippen molar-refractivity contribution in [1.29, 1.82) is 0 Å². The Morgan fingerprint density at radius 1 is 1.06 bits per heavy atom. The summed E-state index contributed by atoms with van der Waals surface area (Å²) in [5.74, 6) is 0.413. The summed E-state index contributed by atoms with van der Waals surface area (Å²) in [6.07, 6.45) is 9.07. The molecular weight excluding hydrogens is 388 g/mol. The topological polar surface area (TPSA) is 58.4 Å². The highest BCUT2D eigenvalue weighted by atomic mass is 16.2. The molecule has 1 aromatic carbocycles. The van der Waals surface area contributed by atoms with Crippen LogP contribution in [0.25, 0.3) is 0 Å². The molecule has 2 aromatic rings. The Morgan fingerprint density at radius 2 is 1.74 bits per heavy atom. The molecule has 0 bridgehead atoms. The minimum atomic E-state index is -0.195. The first-order valence-corrected chi connectivity index (χ1v) is 11.7. The van der Waals surface area contributed by atoms with E-state index in [9.17, 15) is 9.59 Å². The molecule has 6 nitrogen and oxygen atoms in total. The Balaban J connectivity index is 1.33. The summed E-state index contributed by atoms with van der Waals surface area (Å²) < 4.78 is 1.70. The Hall–Kier alpha value is -2.63. The number of likely N-dealkylation sites (tertiary alicyclic amines) is 2. The van der Waals surface area contributed by atoms with Gasteiger partial charge < -0.3 is 9.80 Å². The first-order chi connectivity index (χ1) is 15.0. The number of aryl methyl sites for hydroxylation is 2. The molecule has 2 saturated heterocycles. The van der Waals surface area contributed by atoms with Gasteiger partial charge in [-0.1, -0.05) is 49.6 Å². The van der Waals surface area contributed by atoms with E-state index in [2.05, 4.69) is 34.3 Å². The van der Waals surface area contributed by atoms with Crippen LogP contribution in [0, 0.1) is 12.3 Å². The van der Waals surface area contributed by atoms with Crippen molar-refractivity contribution in [3.05, 3.63) is 53.3 Å². The number of rotatable bonds is 3. The molecule has 31 heavy (non-hydrogen) atoms.